The molecule has 1 aliphatic carbocycles. The molecular formula is C7H11O. The molecular weight excluding hydrogens is 100 g/mol. The van der Waals surface area contributed by atoms with Crippen LogP contribution in [0.2, 0.25) is 0 Å². The SMILES string of the molecule is [CH]1CC2CCC(C2)O1. The van der Waals surface area contributed by atoms with Crippen molar-refractivity contribution in [2.75, 3.05) is 0 Å². The van der Waals surface area contributed by atoms with Gasteiger partial charge in [0.1, 0.15) is 0 Å². The van der Waals surface area contributed by atoms with Gasteiger partial charge in [-0.1, -0.05) is 0 Å². The zero-order valence-electron chi connectivity index (χ0n) is 4.97. The predicted molar refractivity (Wildman–Crippen MR) is 31.1 cm³/mol. The van der Waals surface area contributed by atoms with Crippen molar-refractivity contribution >= 4 is 0 Å². The van der Waals surface area contributed by atoms with Gasteiger partial charge in [-0.3, -0.25) is 0 Å². The van der Waals surface area contributed by atoms with Crippen LogP contribution in [-0.2, 0) is 4.74 Å². The van der Waals surface area contributed by atoms with Gasteiger partial charge in [-0.05, 0) is 31.6 Å². The summed E-state index contributed by atoms with van der Waals surface area (Å²) < 4.78 is 5.34. The topological polar surface area (TPSA) is 9.23 Å². The van der Waals surface area contributed by atoms with Gasteiger partial charge in [0, 0.05) is 0 Å². The van der Waals surface area contributed by atoms with E-state index in [1.807, 2.05) is 6.61 Å². The third-order valence-corrected chi connectivity index (χ3v) is 2.21. The highest BCUT2D eigenvalue weighted by Gasteiger charge is 2.29. The van der Waals surface area contributed by atoms with Gasteiger partial charge in [0.15, 0.2) is 0 Å². The smallest absolute Gasteiger partial charge is 0.0843 e. The quantitative estimate of drug-likeness (QED) is 0.462. The molecule has 2 atom stereocenters. The largest absolute Gasteiger partial charge is 0.372 e. The summed E-state index contributed by atoms with van der Waals surface area (Å²) in [6.07, 6.45) is 5.85. The molecule has 2 unspecified atom stereocenters. The molecule has 1 radical (unpaired) electrons. The third kappa shape index (κ3) is 0.655. The number of fused-ring (bicyclic) bond motifs is 2. The minimum Gasteiger partial charge on any atom is -0.372 e. The van der Waals surface area contributed by atoms with Crippen molar-refractivity contribution in [1.82, 2.24) is 0 Å². The Morgan fingerprint density at radius 2 is 2.38 bits per heavy atom. The monoisotopic (exact) mass is 111 g/mol. The second kappa shape index (κ2) is 1.73. The third-order valence-electron chi connectivity index (χ3n) is 2.21. The van der Waals surface area contributed by atoms with Gasteiger partial charge < -0.3 is 4.74 Å². The van der Waals surface area contributed by atoms with Crippen molar-refractivity contribution in [1.29, 1.82) is 0 Å². The lowest BCUT2D eigenvalue weighted by Gasteiger charge is -2.17. The molecule has 1 heteroatoms. The number of hydrogen-bond donors (Lipinski definition) is 0. The molecule has 1 saturated carbocycles. The summed E-state index contributed by atoms with van der Waals surface area (Å²) in [6.45, 7) is 1.99. The van der Waals surface area contributed by atoms with Gasteiger partial charge in [0.2, 0.25) is 0 Å². The van der Waals surface area contributed by atoms with E-state index < -0.39 is 0 Å². The maximum absolute atomic E-state index is 5.34. The molecule has 1 heterocycles. The molecule has 0 aromatic rings. The average molecular weight is 111 g/mol. The molecule has 1 saturated heterocycles. The average Bonchev–Trinajstić information content (AvgIpc) is 2.12. The Kier molecular flexibility index (Phi) is 1.04. The van der Waals surface area contributed by atoms with E-state index in [9.17, 15) is 0 Å². The van der Waals surface area contributed by atoms with Crippen LogP contribution in [0.25, 0.3) is 0 Å². The second-order valence-electron chi connectivity index (χ2n) is 2.84. The van der Waals surface area contributed by atoms with Gasteiger partial charge in [0.05, 0.1) is 12.7 Å². The Morgan fingerprint density at radius 1 is 1.38 bits per heavy atom. The summed E-state index contributed by atoms with van der Waals surface area (Å²) in [6, 6.07) is 0. The first kappa shape index (κ1) is 4.80. The number of hydrogen-bond acceptors (Lipinski definition) is 1. The van der Waals surface area contributed by atoms with E-state index in [1.165, 1.54) is 25.7 Å². The molecule has 8 heavy (non-hydrogen) atoms. The summed E-state index contributed by atoms with van der Waals surface area (Å²) in [5.74, 6) is 0.980. The molecule has 0 aromatic carbocycles. The maximum atomic E-state index is 5.34. The maximum Gasteiger partial charge on any atom is 0.0843 e. The van der Waals surface area contributed by atoms with E-state index >= 15 is 0 Å². The van der Waals surface area contributed by atoms with E-state index in [0.717, 1.165) is 5.92 Å². The van der Waals surface area contributed by atoms with Gasteiger partial charge in [-0.15, -0.1) is 0 Å². The highest BCUT2D eigenvalue weighted by Crippen LogP contribution is 2.35. The first-order valence-corrected chi connectivity index (χ1v) is 3.42. The zero-order chi connectivity index (χ0) is 5.40. The Labute approximate surface area is 50.0 Å². The van der Waals surface area contributed by atoms with Gasteiger partial charge >= 0.3 is 0 Å². The van der Waals surface area contributed by atoms with Gasteiger partial charge in [-0.2, -0.15) is 0 Å². The normalized spacial score (nSPS) is 45.0. The summed E-state index contributed by atoms with van der Waals surface area (Å²) >= 11 is 0. The van der Waals surface area contributed by atoms with Gasteiger partial charge in [0.25, 0.3) is 0 Å². The molecule has 45 valence electrons. The summed E-state index contributed by atoms with van der Waals surface area (Å²) in [5, 5.41) is 0. The summed E-state index contributed by atoms with van der Waals surface area (Å²) in [7, 11) is 0. The molecule has 2 fully saturated rings. The minimum absolute atomic E-state index is 0.605. The van der Waals surface area contributed by atoms with Crippen LogP contribution in [0.15, 0.2) is 0 Å². The van der Waals surface area contributed by atoms with E-state index in [2.05, 4.69) is 0 Å². The van der Waals surface area contributed by atoms with Crippen LogP contribution >= 0.6 is 0 Å². The molecule has 2 bridgehead atoms. The lowest BCUT2D eigenvalue weighted by molar-refractivity contribution is 0.0758. The molecule has 0 amide bonds. The van der Waals surface area contributed by atoms with Crippen LogP contribution in [0.4, 0.5) is 0 Å². The molecule has 1 nitrogen and oxygen atoms in total. The lowest BCUT2D eigenvalue weighted by atomic mass is 10.0. The summed E-state index contributed by atoms with van der Waals surface area (Å²) in [5.41, 5.74) is 0. The van der Waals surface area contributed by atoms with E-state index in [0.29, 0.717) is 6.10 Å². The Balaban J connectivity index is 2.03. The van der Waals surface area contributed by atoms with Crippen molar-refractivity contribution in [2.45, 2.75) is 31.8 Å². The fourth-order valence-corrected chi connectivity index (χ4v) is 1.69. The highest BCUT2D eigenvalue weighted by molar-refractivity contribution is 4.83. The van der Waals surface area contributed by atoms with Crippen LogP contribution in [0.1, 0.15) is 25.7 Å². The Morgan fingerprint density at radius 3 is 3.12 bits per heavy atom. The first-order valence-electron chi connectivity index (χ1n) is 3.42. The van der Waals surface area contributed by atoms with Crippen LogP contribution in [0, 0.1) is 12.5 Å². The van der Waals surface area contributed by atoms with Crippen molar-refractivity contribution < 1.29 is 4.74 Å². The molecule has 0 spiro atoms. The summed E-state index contributed by atoms with van der Waals surface area (Å²) in [4.78, 5) is 0. The van der Waals surface area contributed by atoms with Crippen LogP contribution < -0.4 is 0 Å². The van der Waals surface area contributed by atoms with E-state index in [-0.39, 0.29) is 0 Å². The zero-order valence-corrected chi connectivity index (χ0v) is 4.97. The minimum atomic E-state index is 0.605. The van der Waals surface area contributed by atoms with Crippen molar-refractivity contribution in [3.8, 4) is 0 Å². The van der Waals surface area contributed by atoms with Crippen LogP contribution in [0.3, 0.4) is 0 Å². The fraction of sp³-hybridized carbons (Fsp3) is 0.857. The molecule has 1 aliphatic heterocycles. The van der Waals surface area contributed by atoms with Crippen LogP contribution in [0.5, 0.6) is 0 Å². The molecule has 2 aliphatic rings. The molecule has 0 N–H and O–H groups in total. The fourth-order valence-electron chi connectivity index (χ4n) is 1.69. The molecule has 2 rings (SSSR count). The Hall–Kier alpha value is -0.0400. The highest BCUT2D eigenvalue weighted by atomic mass is 16.5. The van der Waals surface area contributed by atoms with E-state index in [1.54, 1.807) is 0 Å². The molecule has 0 aromatic heterocycles. The van der Waals surface area contributed by atoms with Gasteiger partial charge in [-0.25, -0.2) is 0 Å². The predicted octanol–water partition coefficient (Wildman–Crippen LogP) is 1.74. The van der Waals surface area contributed by atoms with E-state index in [4.69, 9.17) is 4.74 Å². The standard InChI is InChI=1S/C7H11O/c1-2-7-5-6(1)3-4-8-7/h4,6-7H,1-3,5H2. The first-order chi connectivity index (χ1) is 3.95. The Bertz CT molecular complexity index is 76.4. The number of rotatable bonds is 0. The van der Waals surface area contributed by atoms with Crippen molar-refractivity contribution in [3.63, 3.8) is 0 Å². The lowest BCUT2D eigenvalue weighted by Crippen LogP contribution is -2.12. The van der Waals surface area contributed by atoms with Crippen molar-refractivity contribution in [3.05, 3.63) is 6.61 Å². The van der Waals surface area contributed by atoms with Crippen molar-refractivity contribution in [2.24, 2.45) is 5.92 Å². The van der Waals surface area contributed by atoms with Crippen LogP contribution in [-0.4, -0.2) is 6.10 Å². The second-order valence-corrected chi connectivity index (χ2v) is 2.84. The number of ether oxygens (including phenoxy) is 1.